The Morgan fingerprint density at radius 1 is 1.24 bits per heavy atom. The molecule has 3 rings (SSSR count). The minimum Gasteiger partial charge on any atom is -0.347 e. The standard InChI is InChI=1S/C15H15ClN4O/c16-11-6-7-13(20-17)19-14(11)15(21)18-12-8-10(12)9-4-2-1-3-5-9/h1-7,10,12H,8,17H2,(H,18,21)(H,19,20). The molecule has 2 aromatic rings. The third-order valence-corrected chi connectivity index (χ3v) is 3.85. The molecule has 6 heteroatoms. The summed E-state index contributed by atoms with van der Waals surface area (Å²) in [6.07, 6.45) is 0.933. The van der Waals surface area contributed by atoms with E-state index in [1.54, 1.807) is 12.1 Å². The number of nitrogens with two attached hydrogens (primary N) is 1. The quantitative estimate of drug-likeness (QED) is 0.598. The van der Waals surface area contributed by atoms with Crippen molar-refractivity contribution in [3.05, 3.63) is 58.7 Å². The minimum absolute atomic E-state index is 0.132. The number of hydrogen-bond donors (Lipinski definition) is 3. The molecule has 1 aliphatic carbocycles. The number of aromatic nitrogens is 1. The number of anilines is 1. The van der Waals surface area contributed by atoms with Crippen molar-refractivity contribution in [1.29, 1.82) is 0 Å². The summed E-state index contributed by atoms with van der Waals surface area (Å²) in [6.45, 7) is 0. The second kappa shape index (κ2) is 5.71. The Balaban J connectivity index is 1.68. The van der Waals surface area contributed by atoms with Crippen molar-refractivity contribution >= 4 is 23.3 Å². The highest BCUT2D eigenvalue weighted by atomic mass is 35.5. The molecule has 1 saturated carbocycles. The molecular formula is C15H15ClN4O. The summed E-state index contributed by atoms with van der Waals surface area (Å²) < 4.78 is 0. The molecule has 0 spiro atoms. The molecule has 1 aliphatic rings. The van der Waals surface area contributed by atoms with Gasteiger partial charge in [0, 0.05) is 12.0 Å². The Morgan fingerprint density at radius 3 is 2.71 bits per heavy atom. The topological polar surface area (TPSA) is 80.0 Å². The molecule has 1 fully saturated rings. The van der Waals surface area contributed by atoms with Crippen LogP contribution in [0.5, 0.6) is 0 Å². The Bertz CT molecular complexity index is 662. The number of carbonyl (C=O) groups excluding carboxylic acids is 1. The van der Waals surface area contributed by atoms with Gasteiger partial charge in [0.2, 0.25) is 0 Å². The smallest absolute Gasteiger partial charge is 0.271 e. The van der Waals surface area contributed by atoms with Gasteiger partial charge in [0.25, 0.3) is 5.91 Å². The molecule has 4 N–H and O–H groups in total. The van der Waals surface area contributed by atoms with Crippen LogP contribution < -0.4 is 16.6 Å². The molecule has 0 saturated heterocycles. The number of hydrogen-bond acceptors (Lipinski definition) is 4. The van der Waals surface area contributed by atoms with Gasteiger partial charge in [0.15, 0.2) is 0 Å². The Kier molecular flexibility index (Phi) is 3.77. The molecule has 1 amide bonds. The molecule has 2 unspecified atom stereocenters. The molecule has 0 bridgehead atoms. The number of rotatable bonds is 4. The Hall–Kier alpha value is -2.11. The average molecular weight is 303 g/mol. The largest absolute Gasteiger partial charge is 0.347 e. The maximum atomic E-state index is 12.2. The van der Waals surface area contributed by atoms with E-state index in [2.05, 4.69) is 27.9 Å². The molecule has 1 aromatic heterocycles. The maximum Gasteiger partial charge on any atom is 0.271 e. The number of amides is 1. The predicted molar refractivity (Wildman–Crippen MR) is 82.1 cm³/mol. The third-order valence-electron chi connectivity index (χ3n) is 3.54. The first kappa shape index (κ1) is 13.9. The second-order valence-electron chi connectivity index (χ2n) is 5.00. The highest BCUT2D eigenvalue weighted by Crippen LogP contribution is 2.40. The Morgan fingerprint density at radius 2 is 2.00 bits per heavy atom. The molecule has 5 nitrogen and oxygen atoms in total. The lowest BCUT2D eigenvalue weighted by atomic mass is 10.1. The van der Waals surface area contributed by atoms with Gasteiger partial charge in [-0.3, -0.25) is 4.79 Å². The zero-order chi connectivity index (χ0) is 14.8. The zero-order valence-corrected chi connectivity index (χ0v) is 12.0. The summed E-state index contributed by atoms with van der Waals surface area (Å²) in [6, 6.07) is 13.5. The predicted octanol–water partition coefficient (Wildman–Crippen LogP) is 2.31. The summed E-state index contributed by atoms with van der Waals surface area (Å²) in [5.74, 6) is 5.78. The number of hydrazine groups is 1. The van der Waals surface area contributed by atoms with E-state index < -0.39 is 0 Å². The summed E-state index contributed by atoms with van der Waals surface area (Å²) in [4.78, 5) is 16.3. The van der Waals surface area contributed by atoms with E-state index >= 15 is 0 Å². The van der Waals surface area contributed by atoms with Gasteiger partial charge >= 0.3 is 0 Å². The number of pyridine rings is 1. The maximum absolute atomic E-state index is 12.2. The third kappa shape index (κ3) is 2.99. The number of halogens is 1. The minimum atomic E-state index is -0.277. The molecule has 21 heavy (non-hydrogen) atoms. The molecule has 108 valence electrons. The van der Waals surface area contributed by atoms with E-state index in [4.69, 9.17) is 17.4 Å². The first-order valence-electron chi connectivity index (χ1n) is 6.68. The summed E-state index contributed by atoms with van der Waals surface area (Å²) in [5.41, 5.74) is 3.82. The molecular weight excluding hydrogens is 288 g/mol. The molecule has 0 aliphatic heterocycles. The van der Waals surface area contributed by atoms with Gasteiger partial charge < -0.3 is 10.7 Å². The van der Waals surface area contributed by atoms with Crippen LogP contribution in [0.1, 0.15) is 28.4 Å². The number of carbonyl (C=O) groups is 1. The van der Waals surface area contributed by atoms with E-state index in [-0.39, 0.29) is 17.6 Å². The SMILES string of the molecule is NNc1ccc(Cl)c(C(=O)NC2CC2c2ccccc2)n1. The fourth-order valence-corrected chi connectivity index (χ4v) is 2.53. The van der Waals surface area contributed by atoms with Crippen molar-refractivity contribution in [3.8, 4) is 0 Å². The van der Waals surface area contributed by atoms with Crippen molar-refractivity contribution in [1.82, 2.24) is 10.3 Å². The van der Waals surface area contributed by atoms with Crippen LogP contribution in [0.25, 0.3) is 0 Å². The van der Waals surface area contributed by atoms with Crippen LogP contribution in [0.3, 0.4) is 0 Å². The van der Waals surface area contributed by atoms with Crippen LogP contribution in [0.15, 0.2) is 42.5 Å². The van der Waals surface area contributed by atoms with E-state index in [1.807, 2.05) is 18.2 Å². The van der Waals surface area contributed by atoms with Crippen LogP contribution in [0.2, 0.25) is 5.02 Å². The van der Waals surface area contributed by atoms with E-state index in [1.165, 1.54) is 5.56 Å². The number of benzene rings is 1. The van der Waals surface area contributed by atoms with Crippen LogP contribution in [0, 0.1) is 0 Å². The first-order valence-corrected chi connectivity index (χ1v) is 7.06. The average Bonchev–Trinajstić information content (AvgIpc) is 3.27. The molecule has 2 atom stereocenters. The van der Waals surface area contributed by atoms with Crippen molar-refractivity contribution in [2.45, 2.75) is 18.4 Å². The highest BCUT2D eigenvalue weighted by Gasteiger charge is 2.39. The van der Waals surface area contributed by atoms with Gasteiger partial charge in [-0.05, 0) is 24.1 Å². The van der Waals surface area contributed by atoms with Gasteiger partial charge in [0.05, 0.1) is 5.02 Å². The normalized spacial score (nSPS) is 19.9. The highest BCUT2D eigenvalue weighted by molar-refractivity contribution is 6.33. The van der Waals surface area contributed by atoms with E-state index in [9.17, 15) is 4.79 Å². The van der Waals surface area contributed by atoms with Crippen LogP contribution in [-0.2, 0) is 0 Å². The van der Waals surface area contributed by atoms with Crippen molar-refractivity contribution in [3.63, 3.8) is 0 Å². The van der Waals surface area contributed by atoms with Crippen LogP contribution in [-0.4, -0.2) is 16.9 Å². The lowest BCUT2D eigenvalue weighted by Gasteiger charge is -2.07. The lowest BCUT2D eigenvalue weighted by molar-refractivity contribution is 0.0945. The van der Waals surface area contributed by atoms with Gasteiger partial charge in [-0.25, -0.2) is 10.8 Å². The number of nitrogen functional groups attached to an aromatic ring is 1. The van der Waals surface area contributed by atoms with Crippen LogP contribution >= 0.6 is 11.6 Å². The second-order valence-corrected chi connectivity index (χ2v) is 5.41. The fraction of sp³-hybridized carbons (Fsp3) is 0.200. The number of nitrogens with zero attached hydrogens (tertiary/aromatic N) is 1. The van der Waals surface area contributed by atoms with Gasteiger partial charge in [-0.2, -0.15) is 0 Å². The van der Waals surface area contributed by atoms with Crippen molar-refractivity contribution in [2.24, 2.45) is 5.84 Å². The first-order chi connectivity index (χ1) is 10.2. The summed E-state index contributed by atoms with van der Waals surface area (Å²) in [5, 5.41) is 3.27. The van der Waals surface area contributed by atoms with Crippen molar-refractivity contribution in [2.75, 3.05) is 5.43 Å². The van der Waals surface area contributed by atoms with Gasteiger partial charge in [0.1, 0.15) is 11.5 Å². The fourth-order valence-electron chi connectivity index (χ4n) is 2.34. The summed E-state index contributed by atoms with van der Waals surface area (Å²) in [7, 11) is 0. The number of nitrogens with one attached hydrogen (secondary N) is 2. The lowest BCUT2D eigenvalue weighted by Crippen LogP contribution is -2.28. The van der Waals surface area contributed by atoms with E-state index in [0.717, 1.165) is 6.42 Å². The molecule has 1 aromatic carbocycles. The van der Waals surface area contributed by atoms with E-state index in [0.29, 0.717) is 16.8 Å². The van der Waals surface area contributed by atoms with Gasteiger partial charge in [-0.1, -0.05) is 41.9 Å². The Labute approximate surface area is 127 Å². The zero-order valence-electron chi connectivity index (χ0n) is 11.2. The summed E-state index contributed by atoms with van der Waals surface area (Å²) >= 11 is 6.01. The van der Waals surface area contributed by atoms with Crippen LogP contribution in [0.4, 0.5) is 5.82 Å². The molecule has 1 heterocycles. The van der Waals surface area contributed by atoms with Crippen molar-refractivity contribution < 1.29 is 4.79 Å². The van der Waals surface area contributed by atoms with Gasteiger partial charge in [-0.15, -0.1) is 0 Å². The monoisotopic (exact) mass is 302 g/mol. The molecule has 0 radical (unpaired) electrons.